The molecule has 1 N–H and O–H groups in total. The standard InChI is InChI=1S/C13H16N4S/c1-2-7-17(6-1)12-4-3-11(9-16-12)15-10-13-14-5-8-18-13/h3-5,8-9,15H,1-2,6-7,10H2. The Morgan fingerprint density at radius 3 is 2.78 bits per heavy atom. The molecule has 94 valence electrons. The maximum absolute atomic E-state index is 4.51. The van der Waals surface area contributed by atoms with Gasteiger partial charge in [-0.25, -0.2) is 9.97 Å². The maximum atomic E-state index is 4.51. The van der Waals surface area contributed by atoms with E-state index >= 15 is 0 Å². The number of nitrogens with zero attached hydrogens (tertiary/aromatic N) is 3. The van der Waals surface area contributed by atoms with Gasteiger partial charge < -0.3 is 10.2 Å². The molecule has 0 saturated carbocycles. The summed E-state index contributed by atoms with van der Waals surface area (Å²) in [6.45, 7) is 3.04. The molecule has 2 aromatic rings. The lowest BCUT2D eigenvalue weighted by molar-refractivity contribution is 0.937. The molecule has 0 aliphatic carbocycles. The highest BCUT2D eigenvalue weighted by atomic mass is 32.1. The first-order valence-corrected chi connectivity index (χ1v) is 7.13. The monoisotopic (exact) mass is 260 g/mol. The van der Waals surface area contributed by atoms with Gasteiger partial charge in [-0.2, -0.15) is 0 Å². The van der Waals surface area contributed by atoms with E-state index in [0.717, 1.165) is 36.1 Å². The molecule has 1 fully saturated rings. The summed E-state index contributed by atoms with van der Waals surface area (Å²) in [6, 6.07) is 4.18. The Bertz CT molecular complexity index is 474. The van der Waals surface area contributed by atoms with Crippen LogP contribution in [0, 0.1) is 0 Å². The van der Waals surface area contributed by atoms with Crippen LogP contribution >= 0.6 is 11.3 Å². The van der Waals surface area contributed by atoms with Crippen LogP contribution in [-0.2, 0) is 6.54 Å². The SMILES string of the molecule is c1csc(CNc2ccc(N3CCCC3)nc2)n1. The van der Waals surface area contributed by atoms with Crippen LogP contribution in [0.4, 0.5) is 11.5 Å². The van der Waals surface area contributed by atoms with Crippen LogP contribution in [0.1, 0.15) is 17.8 Å². The van der Waals surface area contributed by atoms with E-state index in [4.69, 9.17) is 0 Å². The second kappa shape index (κ2) is 5.35. The number of aromatic nitrogens is 2. The number of hydrogen-bond acceptors (Lipinski definition) is 5. The van der Waals surface area contributed by atoms with Crippen LogP contribution in [0.2, 0.25) is 0 Å². The second-order valence-corrected chi connectivity index (χ2v) is 5.36. The minimum Gasteiger partial charge on any atom is -0.377 e. The molecule has 3 heterocycles. The van der Waals surface area contributed by atoms with Crippen molar-refractivity contribution in [2.75, 3.05) is 23.3 Å². The average molecular weight is 260 g/mol. The summed E-state index contributed by atoms with van der Waals surface area (Å²) in [5.41, 5.74) is 1.05. The van der Waals surface area contributed by atoms with Crippen LogP contribution in [-0.4, -0.2) is 23.1 Å². The van der Waals surface area contributed by atoms with Crippen molar-refractivity contribution in [1.82, 2.24) is 9.97 Å². The summed E-state index contributed by atoms with van der Waals surface area (Å²) in [5.74, 6) is 1.09. The van der Waals surface area contributed by atoms with Gasteiger partial charge >= 0.3 is 0 Å². The van der Waals surface area contributed by atoms with Crippen LogP contribution in [0.5, 0.6) is 0 Å². The molecule has 0 bridgehead atoms. The van der Waals surface area contributed by atoms with Gasteiger partial charge in [-0.15, -0.1) is 11.3 Å². The summed E-state index contributed by atoms with van der Waals surface area (Å²) < 4.78 is 0. The number of anilines is 2. The van der Waals surface area contributed by atoms with Gasteiger partial charge in [0.05, 0.1) is 18.4 Å². The third kappa shape index (κ3) is 2.61. The molecular formula is C13H16N4S. The molecule has 1 aliphatic rings. The number of thiazole rings is 1. The van der Waals surface area contributed by atoms with Crippen molar-refractivity contribution in [3.63, 3.8) is 0 Å². The molecule has 0 aromatic carbocycles. The molecule has 0 radical (unpaired) electrons. The minimum absolute atomic E-state index is 0.766. The number of pyridine rings is 1. The van der Waals surface area contributed by atoms with Crippen LogP contribution in [0.25, 0.3) is 0 Å². The molecule has 0 atom stereocenters. The van der Waals surface area contributed by atoms with Crippen molar-refractivity contribution in [1.29, 1.82) is 0 Å². The van der Waals surface area contributed by atoms with Crippen molar-refractivity contribution in [2.24, 2.45) is 0 Å². The highest BCUT2D eigenvalue weighted by Gasteiger charge is 2.12. The first kappa shape index (κ1) is 11.5. The van der Waals surface area contributed by atoms with E-state index in [2.05, 4.69) is 32.3 Å². The van der Waals surface area contributed by atoms with E-state index in [1.807, 2.05) is 17.8 Å². The van der Waals surface area contributed by atoms with Gasteiger partial charge in [0.2, 0.25) is 0 Å². The molecule has 2 aromatic heterocycles. The Labute approximate surface area is 111 Å². The van der Waals surface area contributed by atoms with Gasteiger partial charge in [-0.05, 0) is 25.0 Å². The van der Waals surface area contributed by atoms with E-state index in [-0.39, 0.29) is 0 Å². The molecule has 5 heteroatoms. The molecule has 1 aliphatic heterocycles. The number of hydrogen-bond donors (Lipinski definition) is 1. The Morgan fingerprint density at radius 1 is 1.22 bits per heavy atom. The molecule has 0 amide bonds. The molecule has 0 spiro atoms. The van der Waals surface area contributed by atoms with E-state index in [9.17, 15) is 0 Å². The van der Waals surface area contributed by atoms with E-state index in [0.29, 0.717) is 0 Å². The van der Waals surface area contributed by atoms with Crippen LogP contribution in [0.3, 0.4) is 0 Å². The van der Waals surface area contributed by atoms with Gasteiger partial charge in [0, 0.05) is 24.7 Å². The van der Waals surface area contributed by atoms with E-state index in [1.54, 1.807) is 11.3 Å². The van der Waals surface area contributed by atoms with Crippen molar-refractivity contribution in [2.45, 2.75) is 19.4 Å². The smallest absolute Gasteiger partial charge is 0.128 e. The second-order valence-electron chi connectivity index (χ2n) is 4.38. The summed E-state index contributed by atoms with van der Waals surface area (Å²) in [4.78, 5) is 11.1. The highest BCUT2D eigenvalue weighted by Crippen LogP contribution is 2.19. The fraction of sp³-hybridized carbons (Fsp3) is 0.385. The first-order chi connectivity index (χ1) is 8.92. The van der Waals surface area contributed by atoms with Crippen molar-refractivity contribution in [3.8, 4) is 0 Å². The van der Waals surface area contributed by atoms with Crippen LogP contribution in [0.15, 0.2) is 29.9 Å². The zero-order valence-electron chi connectivity index (χ0n) is 10.2. The predicted octanol–water partition coefficient (Wildman–Crippen LogP) is 2.75. The lowest BCUT2D eigenvalue weighted by Crippen LogP contribution is -2.18. The molecular weight excluding hydrogens is 244 g/mol. The Morgan fingerprint density at radius 2 is 2.11 bits per heavy atom. The normalized spacial score (nSPS) is 15.0. The highest BCUT2D eigenvalue weighted by molar-refractivity contribution is 7.09. The summed E-state index contributed by atoms with van der Waals surface area (Å²) >= 11 is 1.66. The first-order valence-electron chi connectivity index (χ1n) is 6.25. The third-order valence-electron chi connectivity index (χ3n) is 3.11. The Balaban J connectivity index is 1.60. The van der Waals surface area contributed by atoms with Crippen LogP contribution < -0.4 is 10.2 Å². The fourth-order valence-electron chi connectivity index (χ4n) is 2.14. The molecule has 3 rings (SSSR count). The van der Waals surface area contributed by atoms with Crippen molar-refractivity contribution >= 4 is 22.8 Å². The Hall–Kier alpha value is -1.62. The fourth-order valence-corrected chi connectivity index (χ4v) is 2.70. The van der Waals surface area contributed by atoms with Gasteiger partial charge in [0.15, 0.2) is 0 Å². The largest absolute Gasteiger partial charge is 0.377 e. The lowest BCUT2D eigenvalue weighted by atomic mass is 10.4. The molecule has 4 nitrogen and oxygen atoms in total. The summed E-state index contributed by atoms with van der Waals surface area (Å²) in [7, 11) is 0. The third-order valence-corrected chi connectivity index (χ3v) is 3.88. The molecule has 18 heavy (non-hydrogen) atoms. The van der Waals surface area contributed by atoms with E-state index < -0.39 is 0 Å². The zero-order valence-corrected chi connectivity index (χ0v) is 11.0. The zero-order chi connectivity index (χ0) is 12.2. The average Bonchev–Trinajstić information content (AvgIpc) is 3.10. The maximum Gasteiger partial charge on any atom is 0.128 e. The minimum atomic E-state index is 0.766. The van der Waals surface area contributed by atoms with Crippen molar-refractivity contribution < 1.29 is 0 Å². The molecule has 0 unspecified atom stereocenters. The van der Waals surface area contributed by atoms with E-state index in [1.165, 1.54) is 12.8 Å². The van der Waals surface area contributed by atoms with Gasteiger partial charge in [-0.3, -0.25) is 0 Å². The quantitative estimate of drug-likeness (QED) is 0.917. The Kier molecular flexibility index (Phi) is 3.41. The molecule has 1 saturated heterocycles. The number of nitrogens with one attached hydrogen (secondary N) is 1. The summed E-state index contributed by atoms with van der Waals surface area (Å²) in [6.07, 6.45) is 6.30. The summed E-state index contributed by atoms with van der Waals surface area (Å²) in [5, 5.41) is 6.42. The van der Waals surface area contributed by atoms with Gasteiger partial charge in [0.1, 0.15) is 10.8 Å². The number of rotatable bonds is 4. The van der Waals surface area contributed by atoms with Gasteiger partial charge in [0.25, 0.3) is 0 Å². The van der Waals surface area contributed by atoms with Crippen molar-refractivity contribution in [3.05, 3.63) is 34.9 Å². The topological polar surface area (TPSA) is 41.0 Å². The predicted molar refractivity (Wildman–Crippen MR) is 75.1 cm³/mol. The van der Waals surface area contributed by atoms with Gasteiger partial charge in [-0.1, -0.05) is 0 Å². The lowest BCUT2D eigenvalue weighted by Gasteiger charge is -2.16.